The first-order chi connectivity index (χ1) is 25.6. The van der Waals surface area contributed by atoms with Gasteiger partial charge in [-0.25, -0.2) is 4.79 Å². The van der Waals surface area contributed by atoms with E-state index in [0.717, 1.165) is 115 Å². The Morgan fingerprint density at radius 1 is 0.698 bits per heavy atom. The Kier molecular flexibility index (Phi) is 19.3. The van der Waals surface area contributed by atoms with Crippen LogP contribution in [-0.4, -0.2) is 110 Å². The fraction of sp³-hybridized carbons (Fsp3) is 0.977. The van der Waals surface area contributed by atoms with Gasteiger partial charge in [0.15, 0.2) is 0 Å². The number of likely N-dealkylation sites (N-methyl/N-ethyl adjacent to an activating group) is 2. The molecule has 0 aliphatic heterocycles. The molecule has 1 amide bonds. The molecule has 4 rings (SSSR count). The molecule has 0 spiro atoms. The minimum absolute atomic E-state index is 0.0402. The van der Waals surface area contributed by atoms with E-state index in [-0.39, 0.29) is 41.9 Å². The molecular weight excluding hydrogens is 668 g/mol. The highest BCUT2D eigenvalue weighted by molar-refractivity contribution is 5.67. The van der Waals surface area contributed by atoms with Gasteiger partial charge in [0.1, 0.15) is 6.10 Å². The molecule has 4 saturated carbocycles. The van der Waals surface area contributed by atoms with E-state index in [0.29, 0.717) is 38.1 Å². The van der Waals surface area contributed by atoms with Crippen molar-refractivity contribution in [2.24, 2.45) is 34.3 Å². The first-order valence-electron chi connectivity index (χ1n) is 22.2. The molecule has 2 atom stereocenters. The number of carbonyl (C=O) groups excluding carboxylic acids is 1. The van der Waals surface area contributed by atoms with Crippen LogP contribution in [0.1, 0.15) is 151 Å². The van der Waals surface area contributed by atoms with Gasteiger partial charge in [-0.2, -0.15) is 4.91 Å². The molecule has 0 aromatic rings. The van der Waals surface area contributed by atoms with Gasteiger partial charge in [0.05, 0.1) is 37.6 Å². The van der Waals surface area contributed by atoms with Crippen molar-refractivity contribution in [3.8, 4) is 0 Å². The van der Waals surface area contributed by atoms with Crippen molar-refractivity contribution in [3.63, 3.8) is 0 Å². The second kappa shape index (κ2) is 23.0. The fourth-order valence-electron chi connectivity index (χ4n) is 10.3. The van der Waals surface area contributed by atoms with Crippen LogP contribution in [0.25, 0.3) is 0 Å². The average molecular weight is 749 g/mol. The van der Waals surface area contributed by atoms with Crippen LogP contribution in [0.5, 0.6) is 0 Å². The molecule has 2 N–H and O–H groups in total. The SMILES string of the molecule is CCN(CC)CC(O)COC1CCC(C(C)(C)C2CCC(OCC(CN(CC)CC)OC(=O)NC3CCC(CC4CCC(N=O)CC4)CC3)CC2)CC1. The molecule has 0 aromatic heterocycles. The van der Waals surface area contributed by atoms with Crippen LogP contribution in [0.3, 0.4) is 0 Å². The van der Waals surface area contributed by atoms with Crippen LogP contribution in [0, 0.1) is 34.0 Å². The largest absolute Gasteiger partial charge is 0.442 e. The number of hydrogen-bond acceptors (Lipinski definition) is 9. The van der Waals surface area contributed by atoms with Crippen molar-refractivity contribution in [2.45, 2.75) is 187 Å². The van der Waals surface area contributed by atoms with E-state index in [2.05, 4.69) is 61.8 Å². The van der Waals surface area contributed by atoms with Gasteiger partial charge >= 0.3 is 6.09 Å². The number of aliphatic hydroxyl groups excluding tert-OH is 1. The quantitative estimate of drug-likeness (QED) is 0.112. The van der Waals surface area contributed by atoms with Crippen molar-refractivity contribution >= 4 is 6.09 Å². The Hall–Kier alpha value is -1.33. The maximum Gasteiger partial charge on any atom is 0.407 e. The van der Waals surface area contributed by atoms with Gasteiger partial charge in [0, 0.05) is 19.1 Å². The third-order valence-corrected chi connectivity index (χ3v) is 14.3. The molecule has 10 heteroatoms. The summed E-state index contributed by atoms with van der Waals surface area (Å²) in [5, 5.41) is 16.9. The Morgan fingerprint density at radius 2 is 1.17 bits per heavy atom. The topological polar surface area (TPSA) is 113 Å². The predicted octanol–water partition coefficient (Wildman–Crippen LogP) is 8.58. The number of carbonyl (C=O) groups is 1. The summed E-state index contributed by atoms with van der Waals surface area (Å²) in [5.74, 6) is 2.86. The summed E-state index contributed by atoms with van der Waals surface area (Å²) in [7, 11) is 0. The highest BCUT2D eigenvalue weighted by Crippen LogP contribution is 2.49. The first kappa shape index (κ1) is 44.4. The maximum absolute atomic E-state index is 13.2. The average Bonchev–Trinajstić information content (AvgIpc) is 3.18. The lowest BCUT2D eigenvalue weighted by molar-refractivity contribution is -0.0658. The second-order valence-electron chi connectivity index (χ2n) is 18.0. The summed E-state index contributed by atoms with van der Waals surface area (Å²) in [4.78, 5) is 28.6. The molecule has 308 valence electrons. The van der Waals surface area contributed by atoms with Gasteiger partial charge in [-0.3, -0.25) is 0 Å². The van der Waals surface area contributed by atoms with Crippen LogP contribution < -0.4 is 5.32 Å². The summed E-state index contributed by atoms with van der Waals surface area (Å²) in [6.45, 7) is 19.6. The van der Waals surface area contributed by atoms with E-state index >= 15 is 0 Å². The van der Waals surface area contributed by atoms with E-state index in [1.54, 1.807) is 0 Å². The zero-order valence-corrected chi connectivity index (χ0v) is 34.8. The minimum atomic E-state index is -0.413. The van der Waals surface area contributed by atoms with E-state index in [1.165, 1.54) is 32.1 Å². The molecule has 4 aliphatic rings. The van der Waals surface area contributed by atoms with Gasteiger partial charge < -0.3 is 34.4 Å². The maximum atomic E-state index is 13.2. The number of nitroso groups, excluding NO2 is 1. The number of nitrogens with zero attached hydrogens (tertiary/aromatic N) is 3. The lowest BCUT2D eigenvalue weighted by Crippen LogP contribution is -2.44. The molecule has 0 saturated heterocycles. The molecule has 4 aliphatic carbocycles. The third kappa shape index (κ3) is 14.6. The standard InChI is InChI=1S/C43H80N4O6/c1-7-46(8-2)28-38(48)30-51-39-23-15-34(16-24-39)43(5,6)35-17-25-40(26-18-35)52-31-41(29-47(9-3)10-4)53-42(49)44-36-19-11-32(12-20-36)27-33-13-21-37(45-50)22-14-33/h32-41,48H,7-31H2,1-6H3,(H,44,49). The van der Waals surface area contributed by atoms with Crippen LogP contribution in [0.15, 0.2) is 5.18 Å². The molecule has 4 fully saturated rings. The van der Waals surface area contributed by atoms with Gasteiger partial charge in [-0.1, -0.05) is 46.7 Å². The zero-order chi connectivity index (χ0) is 38.2. The van der Waals surface area contributed by atoms with Gasteiger partial charge in [0.2, 0.25) is 0 Å². The van der Waals surface area contributed by atoms with Crippen LogP contribution in [0.2, 0.25) is 0 Å². The number of aliphatic hydroxyl groups is 1. The predicted molar refractivity (Wildman–Crippen MR) is 214 cm³/mol. The summed E-state index contributed by atoms with van der Waals surface area (Å²) in [5.41, 5.74) is 0.290. The molecule has 0 aromatic carbocycles. The number of nitrogens with one attached hydrogen (secondary N) is 1. The summed E-state index contributed by atoms with van der Waals surface area (Å²) in [6, 6.07) is 0.221. The normalized spacial score (nSPS) is 31.3. The van der Waals surface area contributed by atoms with Crippen molar-refractivity contribution < 1.29 is 24.1 Å². The number of ether oxygens (including phenoxy) is 3. The zero-order valence-electron chi connectivity index (χ0n) is 34.8. The van der Waals surface area contributed by atoms with E-state index in [1.807, 2.05) is 0 Å². The number of alkyl carbamates (subject to hydrolysis) is 1. The Bertz CT molecular complexity index is 1010. The minimum Gasteiger partial charge on any atom is -0.442 e. The summed E-state index contributed by atoms with van der Waals surface area (Å²) >= 11 is 0. The molecule has 53 heavy (non-hydrogen) atoms. The van der Waals surface area contributed by atoms with Crippen molar-refractivity contribution in [1.29, 1.82) is 0 Å². The lowest BCUT2D eigenvalue weighted by atomic mass is 9.60. The lowest BCUT2D eigenvalue weighted by Gasteiger charge is -2.46. The van der Waals surface area contributed by atoms with E-state index in [9.17, 15) is 14.8 Å². The molecule has 0 heterocycles. The molecule has 10 nitrogen and oxygen atoms in total. The molecule has 0 bridgehead atoms. The van der Waals surface area contributed by atoms with E-state index in [4.69, 9.17) is 14.2 Å². The van der Waals surface area contributed by atoms with Crippen molar-refractivity contribution in [1.82, 2.24) is 15.1 Å². The fourth-order valence-corrected chi connectivity index (χ4v) is 10.3. The Labute approximate surface area is 323 Å². The van der Waals surface area contributed by atoms with E-state index < -0.39 is 6.10 Å². The molecule has 2 unspecified atom stereocenters. The van der Waals surface area contributed by atoms with Crippen molar-refractivity contribution in [2.75, 3.05) is 52.5 Å². The van der Waals surface area contributed by atoms with Crippen molar-refractivity contribution in [3.05, 3.63) is 4.91 Å². The number of amides is 1. The third-order valence-electron chi connectivity index (χ3n) is 14.3. The highest BCUT2D eigenvalue weighted by Gasteiger charge is 2.41. The Balaban J connectivity index is 1.15. The van der Waals surface area contributed by atoms with Gasteiger partial charge in [-0.15, -0.1) is 0 Å². The molecule has 0 radical (unpaired) electrons. The Morgan fingerprint density at radius 3 is 1.66 bits per heavy atom. The van der Waals surface area contributed by atoms with Crippen LogP contribution >= 0.6 is 0 Å². The number of rotatable bonds is 21. The van der Waals surface area contributed by atoms with Gasteiger partial charge in [0.25, 0.3) is 0 Å². The second-order valence-corrected chi connectivity index (χ2v) is 18.0. The van der Waals surface area contributed by atoms with Crippen LogP contribution in [0.4, 0.5) is 4.79 Å². The smallest absolute Gasteiger partial charge is 0.407 e. The van der Waals surface area contributed by atoms with Crippen LogP contribution in [-0.2, 0) is 14.2 Å². The van der Waals surface area contributed by atoms with Gasteiger partial charge in [-0.05, 0) is 164 Å². The summed E-state index contributed by atoms with van der Waals surface area (Å²) in [6.07, 6.45) is 18.4. The highest BCUT2D eigenvalue weighted by atomic mass is 16.6. The monoisotopic (exact) mass is 749 g/mol. The first-order valence-corrected chi connectivity index (χ1v) is 22.2. The summed E-state index contributed by atoms with van der Waals surface area (Å²) < 4.78 is 18.8. The molecular formula is C43H80N4O6. The number of hydrogen-bond donors (Lipinski definition) is 2.